The molecule has 0 aliphatic carbocycles. The summed E-state index contributed by atoms with van der Waals surface area (Å²) < 4.78 is 7.01. The van der Waals surface area contributed by atoms with E-state index >= 15 is 0 Å². The van der Waals surface area contributed by atoms with E-state index in [4.69, 9.17) is 4.74 Å². The first kappa shape index (κ1) is 14.6. The Hall–Kier alpha value is -1.81. The molecule has 0 saturated heterocycles. The number of nitrogens with zero attached hydrogens (tertiary/aromatic N) is 2. The van der Waals surface area contributed by atoms with E-state index < -0.39 is 6.10 Å². The Morgan fingerprint density at radius 3 is 2.60 bits per heavy atom. The van der Waals surface area contributed by atoms with Crippen LogP contribution in [0.1, 0.15) is 36.4 Å². The third-order valence-electron chi connectivity index (χ3n) is 3.44. The van der Waals surface area contributed by atoms with E-state index in [1.54, 1.807) is 7.11 Å². The lowest BCUT2D eigenvalue weighted by Gasteiger charge is -2.12. The van der Waals surface area contributed by atoms with Crippen LogP contribution in [0.3, 0.4) is 0 Å². The van der Waals surface area contributed by atoms with E-state index in [0.717, 1.165) is 30.1 Å². The van der Waals surface area contributed by atoms with Gasteiger partial charge in [-0.15, -0.1) is 0 Å². The van der Waals surface area contributed by atoms with Gasteiger partial charge in [-0.1, -0.05) is 12.1 Å². The molecule has 0 aliphatic rings. The number of aromatic nitrogens is 2. The molecule has 0 aliphatic heterocycles. The van der Waals surface area contributed by atoms with Gasteiger partial charge >= 0.3 is 0 Å². The van der Waals surface area contributed by atoms with Crippen molar-refractivity contribution in [2.24, 2.45) is 0 Å². The Balaban J connectivity index is 1.98. The van der Waals surface area contributed by atoms with Gasteiger partial charge in [-0.25, -0.2) is 0 Å². The highest BCUT2D eigenvalue weighted by atomic mass is 16.5. The second kappa shape index (κ2) is 6.57. The molecule has 20 heavy (non-hydrogen) atoms. The highest BCUT2D eigenvalue weighted by Gasteiger charge is 2.14. The number of aryl methyl sites for hydroxylation is 3. The number of ether oxygens (including phenoxy) is 1. The van der Waals surface area contributed by atoms with Gasteiger partial charge in [0, 0.05) is 6.54 Å². The van der Waals surface area contributed by atoms with Crippen molar-refractivity contribution in [3.63, 3.8) is 0 Å². The molecule has 1 aromatic heterocycles. The SMILES string of the molecule is CCn1nc(C)cc1C(O)CCc1ccc(OC)cc1. The van der Waals surface area contributed by atoms with E-state index in [2.05, 4.69) is 5.10 Å². The summed E-state index contributed by atoms with van der Waals surface area (Å²) in [7, 11) is 1.66. The molecular weight excluding hydrogens is 252 g/mol. The maximum atomic E-state index is 10.3. The van der Waals surface area contributed by atoms with Crippen LogP contribution in [0.4, 0.5) is 0 Å². The van der Waals surface area contributed by atoms with E-state index in [-0.39, 0.29) is 0 Å². The maximum Gasteiger partial charge on any atom is 0.118 e. The summed E-state index contributed by atoms with van der Waals surface area (Å²) in [5.74, 6) is 0.856. The number of rotatable bonds is 6. The number of benzene rings is 1. The van der Waals surface area contributed by atoms with Gasteiger partial charge in [0.05, 0.1) is 24.6 Å². The molecule has 2 aromatic rings. The van der Waals surface area contributed by atoms with Gasteiger partial charge in [0.1, 0.15) is 5.75 Å². The monoisotopic (exact) mass is 274 g/mol. The van der Waals surface area contributed by atoms with Crippen molar-refractivity contribution < 1.29 is 9.84 Å². The van der Waals surface area contributed by atoms with Crippen molar-refractivity contribution in [3.8, 4) is 5.75 Å². The van der Waals surface area contributed by atoms with Crippen molar-refractivity contribution in [1.82, 2.24) is 9.78 Å². The summed E-state index contributed by atoms with van der Waals surface area (Å²) in [5, 5.41) is 14.7. The van der Waals surface area contributed by atoms with Crippen LogP contribution >= 0.6 is 0 Å². The van der Waals surface area contributed by atoms with Crippen molar-refractivity contribution >= 4 is 0 Å². The molecule has 1 atom stereocenters. The molecular formula is C16H22N2O2. The first-order valence-corrected chi connectivity index (χ1v) is 6.99. The first-order chi connectivity index (χ1) is 9.63. The van der Waals surface area contributed by atoms with Gasteiger partial charge in [-0.2, -0.15) is 5.10 Å². The van der Waals surface area contributed by atoms with Crippen LogP contribution in [0.2, 0.25) is 0 Å². The van der Waals surface area contributed by atoms with Gasteiger partial charge in [0.2, 0.25) is 0 Å². The van der Waals surface area contributed by atoms with E-state index in [1.165, 1.54) is 5.56 Å². The van der Waals surface area contributed by atoms with Crippen molar-refractivity contribution in [2.75, 3.05) is 7.11 Å². The Kier molecular flexibility index (Phi) is 4.79. The standard InChI is InChI=1S/C16H22N2O2/c1-4-18-15(11-12(2)17-18)16(19)10-7-13-5-8-14(20-3)9-6-13/h5-6,8-9,11,16,19H,4,7,10H2,1-3H3. The largest absolute Gasteiger partial charge is 0.497 e. The summed E-state index contributed by atoms with van der Waals surface area (Å²) >= 11 is 0. The van der Waals surface area contributed by atoms with E-state index in [1.807, 2.05) is 48.9 Å². The van der Waals surface area contributed by atoms with Gasteiger partial charge in [-0.05, 0) is 50.5 Å². The lowest BCUT2D eigenvalue weighted by molar-refractivity contribution is 0.157. The molecule has 0 fully saturated rings. The molecule has 2 rings (SSSR count). The molecule has 0 amide bonds. The van der Waals surface area contributed by atoms with Crippen LogP contribution < -0.4 is 4.74 Å². The van der Waals surface area contributed by atoms with E-state index in [9.17, 15) is 5.11 Å². The minimum absolute atomic E-state index is 0.474. The molecule has 0 spiro atoms. The number of hydrogen-bond acceptors (Lipinski definition) is 3. The van der Waals surface area contributed by atoms with Crippen molar-refractivity contribution in [2.45, 2.75) is 39.3 Å². The fourth-order valence-electron chi connectivity index (χ4n) is 2.33. The first-order valence-electron chi connectivity index (χ1n) is 6.99. The molecule has 4 heteroatoms. The van der Waals surface area contributed by atoms with Crippen LogP contribution in [0, 0.1) is 6.92 Å². The lowest BCUT2D eigenvalue weighted by atomic mass is 10.0. The zero-order chi connectivity index (χ0) is 14.5. The predicted octanol–water partition coefficient (Wildman–Crippen LogP) is 2.89. The highest BCUT2D eigenvalue weighted by molar-refractivity contribution is 5.27. The quantitative estimate of drug-likeness (QED) is 0.881. The molecule has 0 bridgehead atoms. The normalized spacial score (nSPS) is 12.4. The maximum absolute atomic E-state index is 10.3. The smallest absolute Gasteiger partial charge is 0.118 e. The van der Waals surface area contributed by atoms with Crippen molar-refractivity contribution in [1.29, 1.82) is 0 Å². The van der Waals surface area contributed by atoms with Crippen LogP contribution in [0.15, 0.2) is 30.3 Å². The second-order valence-corrected chi connectivity index (χ2v) is 4.93. The number of aliphatic hydroxyl groups is 1. The summed E-state index contributed by atoms with van der Waals surface area (Å²) in [6.45, 7) is 4.76. The summed E-state index contributed by atoms with van der Waals surface area (Å²) in [6.07, 6.45) is 1.05. The van der Waals surface area contributed by atoms with Crippen molar-refractivity contribution in [3.05, 3.63) is 47.3 Å². The minimum Gasteiger partial charge on any atom is -0.497 e. The third kappa shape index (κ3) is 3.39. The fraction of sp³-hybridized carbons (Fsp3) is 0.438. The Morgan fingerprint density at radius 2 is 2.00 bits per heavy atom. The highest BCUT2D eigenvalue weighted by Crippen LogP contribution is 2.21. The zero-order valence-corrected chi connectivity index (χ0v) is 12.3. The van der Waals surface area contributed by atoms with Gasteiger partial charge in [-0.3, -0.25) is 4.68 Å². The number of hydrogen-bond donors (Lipinski definition) is 1. The molecule has 108 valence electrons. The van der Waals surface area contributed by atoms with Crippen LogP contribution in [-0.2, 0) is 13.0 Å². The minimum atomic E-state index is -0.474. The predicted molar refractivity (Wildman–Crippen MR) is 78.9 cm³/mol. The summed E-state index contributed by atoms with van der Waals surface area (Å²) in [5.41, 5.74) is 3.05. The Labute approximate surface area is 120 Å². The third-order valence-corrected chi connectivity index (χ3v) is 3.44. The lowest BCUT2D eigenvalue weighted by Crippen LogP contribution is -2.08. The number of methoxy groups -OCH3 is 1. The molecule has 1 unspecified atom stereocenters. The van der Waals surface area contributed by atoms with Gasteiger partial charge < -0.3 is 9.84 Å². The van der Waals surface area contributed by atoms with Gasteiger partial charge in [0.15, 0.2) is 0 Å². The molecule has 1 aromatic carbocycles. The average molecular weight is 274 g/mol. The molecule has 0 radical (unpaired) electrons. The molecule has 1 N–H and O–H groups in total. The van der Waals surface area contributed by atoms with E-state index in [0.29, 0.717) is 6.42 Å². The fourth-order valence-corrected chi connectivity index (χ4v) is 2.33. The molecule has 4 nitrogen and oxygen atoms in total. The molecule has 0 saturated carbocycles. The average Bonchev–Trinajstić information content (AvgIpc) is 2.86. The zero-order valence-electron chi connectivity index (χ0n) is 12.3. The Bertz CT molecular complexity index is 546. The topological polar surface area (TPSA) is 47.3 Å². The number of aliphatic hydroxyl groups excluding tert-OH is 1. The van der Waals surface area contributed by atoms with Gasteiger partial charge in [0.25, 0.3) is 0 Å². The van der Waals surface area contributed by atoms with Crippen LogP contribution in [0.25, 0.3) is 0 Å². The summed E-state index contributed by atoms with van der Waals surface area (Å²) in [4.78, 5) is 0. The van der Waals surface area contributed by atoms with Crippen LogP contribution in [0.5, 0.6) is 5.75 Å². The summed E-state index contributed by atoms with van der Waals surface area (Å²) in [6, 6.07) is 9.92. The second-order valence-electron chi connectivity index (χ2n) is 4.93. The Morgan fingerprint density at radius 1 is 1.30 bits per heavy atom. The molecule has 1 heterocycles. The van der Waals surface area contributed by atoms with Crippen LogP contribution in [-0.4, -0.2) is 22.0 Å².